The molecule has 2 aliphatic carbocycles. The lowest BCUT2D eigenvalue weighted by molar-refractivity contribution is -0.134. The largest absolute Gasteiger partial charge is 0.341 e. The van der Waals surface area contributed by atoms with E-state index >= 15 is 0 Å². The monoisotopic (exact) mass is 292 g/mol. The Morgan fingerprint density at radius 3 is 2.48 bits per heavy atom. The van der Waals surface area contributed by atoms with E-state index in [4.69, 9.17) is 0 Å². The van der Waals surface area contributed by atoms with Crippen LogP contribution in [0, 0.1) is 11.8 Å². The highest BCUT2D eigenvalue weighted by Gasteiger charge is 2.40. The molecule has 21 heavy (non-hydrogen) atoms. The van der Waals surface area contributed by atoms with Crippen LogP contribution in [-0.4, -0.2) is 36.0 Å². The molecule has 1 aliphatic heterocycles. The second-order valence-corrected chi connectivity index (χ2v) is 7.64. The van der Waals surface area contributed by atoms with Crippen LogP contribution in [0.2, 0.25) is 0 Å². The Morgan fingerprint density at radius 2 is 1.81 bits per heavy atom. The van der Waals surface area contributed by atoms with E-state index in [0.717, 1.165) is 18.3 Å². The quantitative estimate of drug-likeness (QED) is 0.865. The van der Waals surface area contributed by atoms with Crippen LogP contribution in [0.25, 0.3) is 0 Å². The molecule has 0 radical (unpaired) electrons. The highest BCUT2D eigenvalue weighted by molar-refractivity contribution is 5.82. The van der Waals surface area contributed by atoms with Gasteiger partial charge in [0.05, 0.1) is 6.04 Å². The maximum atomic E-state index is 12.8. The van der Waals surface area contributed by atoms with Gasteiger partial charge in [0.1, 0.15) is 0 Å². The number of fused-ring (bicyclic) bond motifs is 1. The SMILES string of the molecule is CCC1CCC(N(C)C(=O)C2CC3CCCCC3N2)CC1. The lowest BCUT2D eigenvalue weighted by Gasteiger charge is -2.35. The smallest absolute Gasteiger partial charge is 0.239 e. The van der Waals surface area contributed by atoms with Crippen molar-refractivity contribution in [3.63, 3.8) is 0 Å². The number of carbonyl (C=O) groups excluding carboxylic acids is 1. The van der Waals surface area contributed by atoms with E-state index in [-0.39, 0.29) is 6.04 Å². The van der Waals surface area contributed by atoms with Crippen molar-refractivity contribution in [2.45, 2.75) is 89.3 Å². The Morgan fingerprint density at radius 1 is 1.10 bits per heavy atom. The molecule has 1 saturated heterocycles. The summed E-state index contributed by atoms with van der Waals surface area (Å²) in [6.07, 6.45) is 12.7. The summed E-state index contributed by atoms with van der Waals surface area (Å²) in [5.74, 6) is 2.03. The van der Waals surface area contributed by atoms with Gasteiger partial charge in [0.15, 0.2) is 0 Å². The average molecular weight is 292 g/mol. The average Bonchev–Trinajstić information content (AvgIpc) is 2.97. The van der Waals surface area contributed by atoms with E-state index in [0.29, 0.717) is 18.0 Å². The van der Waals surface area contributed by atoms with Gasteiger partial charge in [-0.25, -0.2) is 0 Å². The van der Waals surface area contributed by atoms with Crippen molar-refractivity contribution in [3.05, 3.63) is 0 Å². The topological polar surface area (TPSA) is 32.3 Å². The maximum Gasteiger partial charge on any atom is 0.239 e. The lowest BCUT2D eigenvalue weighted by atomic mass is 9.83. The van der Waals surface area contributed by atoms with Crippen LogP contribution >= 0.6 is 0 Å². The molecule has 3 aliphatic rings. The summed E-state index contributed by atoms with van der Waals surface area (Å²) in [4.78, 5) is 14.9. The van der Waals surface area contributed by atoms with Gasteiger partial charge in [0.25, 0.3) is 0 Å². The van der Waals surface area contributed by atoms with E-state index in [1.54, 1.807) is 0 Å². The normalized spacial score (nSPS) is 39.8. The van der Waals surface area contributed by atoms with Gasteiger partial charge in [0.2, 0.25) is 5.91 Å². The molecular formula is C18H32N2O. The first kappa shape index (κ1) is 15.3. The predicted octanol–water partition coefficient (Wildman–Crippen LogP) is 3.33. The van der Waals surface area contributed by atoms with Crippen molar-refractivity contribution in [2.24, 2.45) is 11.8 Å². The van der Waals surface area contributed by atoms with Crippen LogP contribution in [0.4, 0.5) is 0 Å². The molecule has 0 bridgehead atoms. The summed E-state index contributed by atoms with van der Waals surface area (Å²) in [5.41, 5.74) is 0. The molecule has 0 aromatic carbocycles. The van der Waals surface area contributed by atoms with E-state index in [1.165, 1.54) is 57.8 Å². The third-order valence-corrected chi connectivity index (χ3v) is 6.45. The Bertz CT molecular complexity index is 348. The van der Waals surface area contributed by atoms with Crippen molar-refractivity contribution in [2.75, 3.05) is 7.05 Å². The molecule has 3 heteroatoms. The van der Waals surface area contributed by atoms with Gasteiger partial charge in [-0.05, 0) is 56.8 Å². The number of rotatable bonds is 3. The summed E-state index contributed by atoms with van der Waals surface area (Å²) in [6.45, 7) is 2.30. The van der Waals surface area contributed by atoms with Gasteiger partial charge in [-0.1, -0.05) is 26.2 Å². The first-order valence-electron chi connectivity index (χ1n) is 9.21. The Hall–Kier alpha value is -0.570. The summed E-state index contributed by atoms with van der Waals surface area (Å²) in [5, 5.41) is 3.64. The zero-order valence-electron chi connectivity index (χ0n) is 13.8. The molecule has 3 atom stereocenters. The fourth-order valence-electron chi connectivity index (χ4n) is 4.88. The predicted molar refractivity (Wildman–Crippen MR) is 86.1 cm³/mol. The van der Waals surface area contributed by atoms with Gasteiger partial charge in [-0.3, -0.25) is 4.79 Å². The minimum absolute atomic E-state index is 0.104. The van der Waals surface area contributed by atoms with Gasteiger partial charge in [0, 0.05) is 19.1 Å². The molecule has 3 fully saturated rings. The van der Waals surface area contributed by atoms with Gasteiger partial charge in [-0.15, -0.1) is 0 Å². The van der Waals surface area contributed by atoms with E-state index in [2.05, 4.69) is 17.1 Å². The van der Waals surface area contributed by atoms with Crippen molar-refractivity contribution in [3.8, 4) is 0 Å². The van der Waals surface area contributed by atoms with Crippen molar-refractivity contribution in [1.82, 2.24) is 10.2 Å². The van der Waals surface area contributed by atoms with E-state index in [1.807, 2.05) is 7.05 Å². The first-order valence-corrected chi connectivity index (χ1v) is 9.21. The molecule has 1 amide bonds. The third-order valence-electron chi connectivity index (χ3n) is 6.45. The van der Waals surface area contributed by atoms with Crippen LogP contribution in [0.1, 0.15) is 71.1 Å². The molecule has 0 spiro atoms. The second-order valence-electron chi connectivity index (χ2n) is 7.64. The van der Waals surface area contributed by atoms with Crippen LogP contribution in [0.5, 0.6) is 0 Å². The maximum absolute atomic E-state index is 12.8. The minimum Gasteiger partial charge on any atom is -0.341 e. The molecule has 1 heterocycles. The van der Waals surface area contributed by atoms with Crippen molar-refractivity contribution in [1.29, 1.82) is 0 Å². The van der Waals surface area contributed by atoms with Crippen LogP contribution in [0.15, 0.2) is 0 Å². The minimum atomic E-state index is 0.104. The number of amides is 1. The van der Waals surface area contributed by atoms with Gasteiger partial charge in [-0.2, -0.15) is 0 Å². The zero-order chi connectivity index (χ0) is 14.8. The number of likely N-dealkylation sites (N-methyl/N-ethyl adjacent to an activating group) is 1. The summed E-state index contributed by atoms with van der Waals surface area (Å²) >= 11 is 0. The van der Waals surface area contributed by atoms with Crippen LogP contribution < -0.4 is 5.32 Å². The number of nitrogens with zero attached hydrogens (tertiary/aromatic N) is 1. The van der Waals surface area contributed by atoms with Gasteiger partial charge < -0.3 is 10.2 Å². The fourth-order valence-corrected chi connectivity index (χ4v) is 4.88. The van der Waals surface area contributed by atoms with E-state index in [9.17, 15) is 4.79 Å². The molecule has 0 aromatic heterocycles. The molecule has 3 rings (SSSR count). The fraction of sp³-hybridized carbons (Fsp3) is 0.944. The molecule has 3 unspecified atom stereocenters. The van der Waals surface area contributed by atoms with E-state index < -0.39 is 0 Å². The molecule has 3 nitrogen and oxygen atoms in total. The standard InChI is InChI=1S/C18H32N2O/c1-3-13-8-10-15(11-9-13)20(2)18(21)17-12-14-6-4-5-7-16(14)19-17/h13-17,19H,3-12H2,1-2H3. The van der Waals surface area contributed by atoms with Crippen molar-refractivity contribution < 1.29 is 4.79 Å². The zero-order valence-corrected chi connectivity index (χ0v) is 13.8. The molecule has 2 saturated carbocycles. The number of carbonyl (C=O) groups is 1. The summed E-state index contributed by atoms with van der Waals surface area (Å²) in [7, 11) is 2.04. The van der Waals surface area contributed by atoms with Crippen LogP contribution in [-0.2, 0) is 4.79 Å². The first-order chi connectivity index (χ1) is 10.2. The molecule has 1 N–H and O–H groups in total. The summed E-state index contributed by atoms with van der Waals surface area (Å²) < 4.78 is 0. The number of hydrogen-bond donors (Lipinski definition) is 1. The Labute approximate surface area is 129 Å². The highest BCUT2D eigenvalue weighted by atomic mass is 16.2. The van der Waals surface area contributed by atoms with Crippen molar-refractivity contribution >= 4 is 5.91 Å². The van der Waals surface area contributed by atoms with Gasteiger partial charge >= 0.3 is 0 Å². The second kappa shape index (κ2) is 6.68. The molecule has 120 valence electrons. The Balaban J connectivity index is 1.53. The number of nitrogens with one attached hydrogen (secondary N) is 1. The highest BCUT2D eigenvalue weighted by Crippen LogP contribution is 2.35. The van der Waals surface area contributed by atoms with Crippen LogP contribution in [0.3, 0.4) is 0 Å². The lowest BCUT2D eigenvalue weighted by Crippen LogP contribution is -2.48. The molecular weight excluding hydrogens is 260 g/mol. The molecule has 0 aromatic rings. The third kappa shape index (κ3) is 3.28. The summed E-state index contributed by atoms with van der Waals surface area (Å²) in [6, 6.07) is 1.22. The number of hydrogen-bond acceptors (Lipinski definition) is 2. The Kier molecular flexibility index (Phi) is 4.88.